The van der Waals surface area contributed by atoms with Crippen molar-refractivity contribution < 1.29 is 4.79 Å². The lowest BCUT2D eigenvalue weighted by atomic mass is 10.2. The maximum atomic E-state index is 10.9. The van der Waals surface area contributed by atoms with E-state index in [9.17, 15) is 4.79 Å². The monoisotopic (exact) mass is 182 g/mol. The number of rotatable bonds is 4. The molecule has 1 aromatic rings. The highest BCUT2D eigenvalue weighted by molar-refractivity contribution is 5.77. The zero-order valence-electron chi connectivity index (χ0n) is 7.60. The first-order valence-corrected chi connectivity index (χ1v) is 4.17. The lowest BCUT2D eigenvalue weighted by molar-refractivity contribution is -0.120. The van der Waals surface area contributed by atoms with Gasteiger partial charge in [-0.3, -0.25) is 4.79 Å². The second kappa shape index (κ2) is 4.04. The summed E-state index contributed by atoms with van der Waals surface area (Å²) in [5.74, 6) is -0.365. The van der Waals surface area contributed by atoms with Crippen LogP contribution in [0.3, 0.4) is 0 Å². The Morgan fingerprint density at radius 2 is 2.46 bits per heavy atom. The van der Waals surface area contributed by atoms with Crippen molar-refractivity contribution in [2.24, 2.45) is 11.5 Å². The summed E-state index contributed by atoms with van der Waals surface area (Å²) in [6, 6.07) is -0.357. The number of primary amides is 1. The fraction of sp³-hybridized carbons (Fsp3) is 0.500. The average molecular weight is 182 g/mol. The number of nitrogens with zero attached hydrogens (tertiary/aromatic N) is 2. The molecule has 0 aliphatic heterocycles. The Balaban J connectivity index is 2.86. The number of hydrogen-bond donors (Lipinski definition) is 2. The SMILES string of the molecule is CC(C(N)=O)n1cncc1CCN. The molecule has 1 unspecified atom stereocenters. The summed E-state index contributed by atoms with van der Waals surface area (Å²) in [4.78, 5) is 14.8. The van der Waals surface area contributed by atoms with E-state index in [4.69, 9.17) is 11.5 Å². The molecule has 4 N–H and O–H groups in total. The van der Waals surface area contributed by atoms with Crippen molar-refractivity contribution in [1.82, 2.24) is 9.55 Å². The van der Waals surface area contributed by atoms with E-state index in [2.05, 4.69) is 4.98 Å². The highest BCUT2D eigenvalue weighted by atomic mass is 16.1. The second-order valence-electron chi connectivity index (χ2n) is 2.91. The van der Waals surface area contributed by atoms with Crippen LogP contribution in [-0.2, 0) is 11.2 Å². The topological polar surface area (TPSA) is 86.9 Å². The normalized spacial score (nSPS) is 12.8. The van der Waals surface area contributed by atoms with Gasteiger partial charge >= 0.3 is 0 Å². The molecule has 0 radical (unpaired) electrons. The van der Waals surface area contributed by atoms with Crippen LogP contribution in [0.1, 0.15) is 18.7 Å². The summed E-state index contributed by atoms with van der Waals surface area (Å²) in [5, 5.41) is 0. The molecule has 0 aromatic carbocycles. The summed E-state index contributed by atoms with van der Waals surface area (Å²) >= 11 is 0. The largest absolute Gasteiger partial charge is 0.368 e. The molecule has 0 spiro atoms. The number of carbonyl (C=O) groups excluding carboxylic acids is 1. The maximum Gasteiger partial charge on any atom is 0.240 e. The van der Waals surface area contributed by atoms with Crippen molar-refractivity contribution in [3.05, 3.63) is 18.2 Å². The molecule has 1 aromatic heterocycles. The smallest absolute Gasteiger partial charge is 0.240 e. The first kappa shape index (κ1) is 9.73. The van der Waals surface area contributed by atoms with Gasteiger partial charge in [0.25, 0.3) is 0 Å². The van der Waals surface area contributed by atoms with Crippen molar-refractivity contribution >= 4 is 5.91 Å². The molecule has 0 saturated heterocycles. The number of carbonyl (C=O) groups is 1. The molecule has 13 heavy (non-hydrogen) atoms. The number of imidazole rings is 1. The standard InChI is InChI=1S/C8H14N4O/c1-6(8(10)13)12-5-11-4-7(12)2-3-9/h4-6H,2-3,9H2,1H3,(H2,10,13). The van der Waals surface area contributed by atoms with E-state index in [-0.39, 0.29) is 11.9 Å². The third-order valence-electron chi connectivity index (χ3n) is 1.98. The second-order valence-corrected chi connectivity index (χ2v) is 2.91. The Labute approximate surface area is 76.7 Å². The Bertz CT molecular complexity index is 294. The van der Waals surface area contributed by atoms with Crippen LogP contribution in [0.4, 0.5) is 0 Å². The number of nitrogens with two attached hydrogens (primary N) is 2. The molecule has 72 valence electrons. The van der Waals surface area contributed by atoms with Gasteiger partial charge in [-0.25, -0.2) is 4.98 Å². The van der Waals surface area contributed by atoms with E-state index in [1.165, 1.54) is 0 Å². The predicted octanol–water partition coefficient (Wildman–Crippen LogP) is -0.569. The van der Waals surface area contributed by atoms with Gasteiger partial charge in [0.1, 0.15) is 6.04 Å². The minimum atomic E-state index is -0.365. The van der Waals surface area contributed by atoms with Gasteiger partial charge < -0.3 is 16.0 Å². The summed E-state index contributed by atoms with van der Waals surface area (Å²) in [5.41, 5.74) is 11.5. The molecule has 1 heterocycles. The third-order valence-corrected chi connectivity index (χ3v) is 1.98. The average Bonchev–Trinajstić information content (AvgIpc) is 2.52. The molecule has 5 nitrogen and oxygen atoms in total. The fourth-order valence-electron chi connectivity index (χ4n) is 1.16. The Kier molecular flexibility index (Phi) is 3.02. The van der Waals surface area contributed by atoms with E-state index < -0.39 is 0 Å². The van der Waals surface area contributed by atoms with Gasteiger partial charge in [-0.05, 0) is 13.5 Å². The zero-order valence-corrected chi connectivity index (χ0v) is 7.60. The number of aromatic nitrogens is 2. The van der Waals surface area contributed by atoms with Crippen LogP contribution >= 0.6 is 0 Å². The molecule has 0 aliphatic carbocycles. The van der Waals surface area contributed by atoms with Gasteiger partial charge in [0.15, 0.2) is 0 Å². The highest BCUT2D eigenvalue weighted by Crippen LogP contribution is 2.09. The van der Waals surface area contributed by atoms with Crippen molar-refractivity contribution in [1.29, 1.82) is 0 Å². The summed E-state index contributed by atoms with van der Waals surface area (Å²) in [6.45, 7) is 2.28. The van der Waals surface area contributed by atoms with Crippen LogP contribution in [0.5, 0.6) is 0 Å². The van der Waals surface area contributed by atoms with Crippen LogP contribution in [0.15, 0.2) is 12.5 Å². The molecule has 0 aliphatic rings. The van der Waals surface area contributed by atoms with Gasteiger partial charge in [-0.1, -0.05) is 0 Å². The Morgan fingerprint density at radius 1 is 1.77 bits per heavy atom. The molecular weight excluding hydrogens is 168 g/mol. The predicted molar refractivity (Wildman–Crippen MR) is 48.9 cm³/mol. The summed E-state index contributed by atoms with van der Waals surface area (Å²) in [7, 11) is 0. The summed E-state index contributed by atoms with van der Waals surface area (Å²) < 4.78 is 1.75. The van der Waals surface area contributed by atoms with Gasteiger partial charge in [-0.2, -0.15) is 0 Å². The third kappa shape index (κ3) is 2.06. The Hall–Kier alpha value is -1.36. The first-order valence-electron chi connectivity index (χ1n) is 4.17. The van der Waals surface area contributed by atoms with Gasteiger partial charge in [0, 0.05) is 18.3 Å². The highest BCUT2D eigenvalue weighted by Gasteiger charge is 2.13. The minimum absolute atomic E-state index is 0.357. The van der Waals surface area contributed by atoms with Crippen molar-refractivity contribution in [3.63, 3.8) is 0 Å². The van der Waals surface area contributed by atoms with Gasteiger partial charge in [0.05, 0.1) is 6.33 Å². The molecule has 0 fully saturated rings. The van der Waals surface area contributed by atoms with Crippen LogP contribution in [0.2, 0.25) is 0 Å². The van der Waals surface area contributed by atoms with Crippen molar-refractivity contribution in [2.75, 3.05) is 6.54 Å². The lowest BCUT2D eigenvalue weighted by Gasteiger charge is -2.12. The van der Waals surface area contributed by atoms with Crippen molar-refractivity contribution in [2.45, 2.75) is 19.4 Å². The van der Waals surface area contributed by atoms with Crippen molar-refractivity contribution in [3.8, 4) is 0 Å². The molecule has 1 rings (SSSR count). The van der Waals surface area contributed by atoms with E-state index in [0.717, 1.165) is 5.69 Å². The number of amides is 1. The quantitative estimate of drug-likeness (QED) is 0.653. The molecular formula is C8H14N4O. The number of hydrogen-bond acceptors (Lipinski definition) is 3. The van der Waals surface area contributed by atoms with Crippen LogP contribution in [0, 0.1) is 0 Å². The van der Waals surface area contributed by atoms with E-state index in [1.54, 1.807) is 24.0 Å². The van der Waals surface area contributed by atoms with Crippen LogP contribution in [-0.4, -0.2) is 22.0 Å². The van der Waals surface area contributed by atoms with Gasteiger partial charge in [0.2, 0.25) is 5.91 Å². The molecule has 0 saturated carbocycles. The molecule has 0 bridgehead atoms. The van der Waals surface area contributed by atoms with Gasteiger partial charge in [-0.15, -0.1) is 0 Å². The van der Waals surface area contributed by atoms with E-state index in [1.807, 2.05) is 0 Å². The minimum Gasteiger partial charge on any atom is -0.368 e. The Morgan fingerprint density at radius 3 is 3.00 bits per heavy atom. The zero-order chi connectivity index (χ0) is 9.84. The molecule has 1 atom stereocenters. The lowest BCUT2D eigenvalue weighted by Crippen LogP contribution is -2.25. The molecule has 5 heteroatoms. The van der Waals surface area contributed by atoms with Crippen LogP contribution < -0.4 is 11.5 Å². The van der Waals surface area contributed by atoms with Crippen LogP contribution in [0.25, 0.3) is 0 Å². The maximum absolute atomic E-state index is 10.9. The molecule has 1 amide bonds. The van der Waals surface area contributed by atoms with E-state index >= 15 is 0 Å². The first-order chi connectivity index (χ1) is 6.16. The summed E-state index contributed by atoms with van der Waals surface area (Å²) in [6.07, 6.45) is 4.00. The van der Waals surface area contributed by atoms with E-state index in [0.29, 0.717) is 13.0 Å². The fourth-order valence-corrected chi connectivity index (χ4v) is 1.16.